The van der Waals surface area contributed by atoms with E-state index < -0.39 is 5.82 Å². The van der Waals surface area contributed by atoms with E-state index in [0.29, 0.717) is 23.1 Å². The highest BCUT2D eigenvalue weighted by atomic mass is 35.5. The highest BCUT2D eigenvalue weighted by Gasteiger charge is 2.08. The Morgan fingerprint density at radius 1 is 1.23 bits per heavy atom. The predicted octanol–water partition coefficient (Wildman–Crippen LogP) is 3.93. The number of amides is 1. The van der Waals surface area contributed by atoms with Crippen LogP contribution in [0.25, 0.3) is 0 Å². The van der Waals surface area contributed by atoms with Gasteiger partial charge in [0.1, 0.15) is 11.6 Å². The maximum Gasteiger partial charge on any atom is 0.243 e. The molecule has 2 rings (SSSR count). The number of hydrogen-bond acceptors (Lipinski definition) is 3. The number of para-hydroxylation sites is 2. The molecule has 2 aromatic carbocycles. The Hall–Kier alpha value is -2.27. The third-order valence-electron chi connectivity index (χ3n) is 2.83. The van der Waals surface area contributed by atoms with Crippen LogP contribution in [0.4, 0.5) is 15.8 Å². The molecule has 0 unspecified atom stereocenters. The van der Waals surface area contributed by atoms with Crippen molar-refractivity contribution in [2.45, 2.75) is 6.92 Å². The lowest BCUT2D eigenvalue weighted by Crippen LogP contribution is -2.22. The molecule has 0 heterocycles. The highest BCUT2D eigenvalue weighted by molar-refractivity contribution is 6.30. The largest absolute Gasteiger partial charge is 0.492 e. The molecule has 0 fully saturated rings. The van der Waals surface area contributed by atoms with Crippen molar-refractivity contribution in [3.8, 4) is 5.75 Å². The van der Waals surface area contributed by atoms with Gasteiger partial charge in [0.2, 0.25) is 5.91 Å². The summed E-state index contributed by atoms with van der Waals surface area (Å²) in [7, 11) is 0. The number of nitrogens with one attached hydrogen (secondary N) is 2. The van der Waals surface area contributed by atoms with Crippen LogP contribution in [0.15, 0.2) is 42.5 Å². The van der Waals surface area contributed by atoms with Gasteiger partial charge in [-0.25, -0.2) is 4.39 Å². The van der Waals surface area contributed by atoms with Crippen LogP contribution in [-0.2, 0) is 4.79 Å². The number of ether oxygens (including phenoxy) is 1. The molecule has 0 aliphatic heterocycles. The lowest BCUT2D eigenvalue weighted by molar-refractivity contribution is -0.114. The second-order valence-electron chi connectivity index (χ2n) is 4.46. The first-order valence-corrected chi connectivity index (χ1v) is 7.18. The van der Waals surface area contributed by atoms with Crippen molar-refractivity contribution in [2.75, 3.05) is 23.8 Å². The van der Waals surface area contributed by atoms with Gasteiger partial charge in [0.25, 0.3) is 0 Å². The van der Waals surface area contributed by atoms with Gasteiger partial charge >= 0.3 is 0 Å². The summed E-state index contributed by atoms with van der Waals surface area (Å²) in [6.45, 7) is 2.30. The van der Waals surface area contributed by atoms with Gasteiger partial charge in [0, 0.05) is 5.02 Å². The summed E-state index contributed by atoms with van der Waals surface area (Å²) in [6, 6.07) is 11.4. The monoisotopic (exact) mass is 322 g/mol. The van der Waals surface area contributed by atoms with Crippen LogP contribution in [-0.4, -0.2) is 19.1 Å². The van der Waals surface area contributed by atoms with Crippen LogP contribution in [0.1, 0.15) is 6.92 Å². The molecular formula is C16H16ClFN2O2. The molecule has 0 atom stereocenters. The number of benzene rings is 2. The van der Waals surface area contributed by atoms with E-state index in [1.807, 2.05) is 13.0 Å². The maximum atomic E-state index is 13.6. The van der Waals surface area contributed by atoms with Crippen LogP contribution in [0, 0.1) is 5.82 Å². The predicted molar refractivity (Wildman–Crippen MR) is 86.1 cm³/mol. The Kier molecular flexibility index (Phi) is 5.61. The van der Waals surface area contributed by atoms with Gasteiger partial charge < -0.3 is 15.4 Å². The molecule has 2 aromatic rings. The molecule has 116 valence electrons. The van der Waals surface area contributed by atoms with Gasteiger partial charge in [-0.15, -0.1) is 0 Å². The minimum Gasteiger partial charge on any atom is -0.492 e. The molecule has 0 bridgehead atoms. The second kappa shape index (κ2) is 7.66. The lowest BCUT2D eigenvalue weighted by atomic mass is 10.3. The Labute approximate surface area is 133 Å². The zero-order valence-corrected chi connectivity index (χ0v) is 12.8. The van der Waals surface area contributed by atoms with Crippen LogP contribution in [0.5, 0.6) is 5.75 Å². The minimum atomic E-state index is -0.505. The first-order chi connectivity index (χ1) is 10.6. The van der Waals surface area contributed by atoms with Gasteiger partial charge in [-0.2, -0.15) is 0 Å². The van der Waals surface area contributed by atoms with Crippen LogP contribution in [0.2, 0.25) is 5.02 Å². The van der Waals surface area contributed by atoms with Crippen LogP contribution >= 0.6 is 11.6 Å². The number of rotatable bonds is 6. The summed E-state index contributed by atoms with van der Waals surface area (Å²) in [6.07, 6.45) is 0. The molecule has 0 aliphatic rings. The summed E-state index contributed by atoms with van der Waals surface area (Å²) in [5.74, 6) is -0.215. The fourth-order valence-electron chi connectivity index (χ4n) is 1.85. The number of hydrogen-bond donors (Lipinski definition) is 2. The first kappa shape index (κ1) is 16.1. The fourth-order valence-corrected chi connectivity index (χ4v) is 2.01. The van der Waals surface area contributed by atoms with Crippen molar-refractivity contribution in [1.29, 1.82) is 0 Å². The SMILES string of the molecule is CCOc1ccccc1NC(=O)CNc1ccc(Cl)cc1F. The molecule has 4 nitrogen and oxygen atoms in total. The molecule has 2 N–H and O–H groups in total. The smallest absolute Gasteiger partial charge is 0.243 e. The van der Waals surface area contributed by atoms with Gasteiger partial charge in [-0.3, -0.25) is 4.79 Å². The molecule has 0 saturated heterocycles. The number of carbonyl (C=O) groups is 1. The molecular weight excluding hydrogens is 307 g/mol. The van der Waals surface area contributed by atoms with Crippen LogP contribution < -0.4 is 15.4 Å². The van der Waals surface area contributed by atoms with Crippen molar-refractivity contribution in [2.24, 2.45) is 0 Å². The van der Waals surface area contributed by atoms with Crippen molar-refractivity contribution >= 4 is 28.9 Å². The Bertz CT molecular complexity index is 664. The summed E-state index contributed by atoms with van der Waals surface area (Å²) >= 11 is 5.67. The van der Waals surface area contributed by atoms with Crippen molar-refractivity contribution in [3.63, 3.8) is 0 Å². The standard InChI is InChI=1S/C16H16ClFN2O2/c1-2-22-15-6-4-3-5-14(15)20-16(21)10-19-13-8-7-11(17)9-12(13)18/h3-9,19H,2,10H2,1H3,(H,20,21). The van der Waals surface area contributed by atoms with E-state index in [0.717, 1.165) is 0 Å². The second-order valence-corrected chi connectivity index (χ2v) is 4.89. The molecule has 22 heavy (non-hydrogen) atoms. The Balaban J connectivity index is 1.96. The summed E-state index contributed by atoms with van der Waals surface area (Å²) in [5.41, 5.74) is 0.797. The number of carbonyl (C=O) groups excluding carboxylic acids is 1. The summed E-state index contributed by atoms with van der Waals surface area (Å²) < 4.78 is 19.0. The number of anilines is 2. The van der Waals surface area contributed by atoms with E-state index in [4.69, 9.17) is 16.3 Å². The molecule has 0 radical (unpaired) electrons. The highest BCUT2D eigenvalue weighted by Crippen LogP contribution is 2.23. The Morgan fingerprint density at radius 2 is 2.00 bits per heavy atom. The van der Waals surface area contributed by atoms with E-state index in [2.05, 4.69) is 10.6 Å². The number of halogens is 2. The van der Waals surface area contributed by atoms with E-state index in [1.165, 1.54) is 12.1 Å². The third kappa shape index (κ3) is 4.36. The zero-order chi connectivity index (χ0) is 15.9. The van der Waals surface area contributed by atoms with Gasteiger partial charge in [0.15, 0.2) is 0 Å². The molecule has 0 spiro atoms. The van der Waals surface area contributed by atoms with E-state index in [1.54, 1.807) is 24.3 Å². The molecule has 0 aliphatic carbocycles. The van der Waals surface area contributed by atoms with Gasteiger partial charge in [-0.05, 0) is 37.3 Å². The molecule has 6 heteroatoms. The van der Waals surface area contributed by atoms with E-state index >= 15 is 0 Å². The summed E-state index contributed by atoms with van der Waals surface area (Å²) in [4.78, 5) is 11.9. The zero-order valence-electron chi connectivity index (χ0n) is 12.0. The molecule has 0 aromatic heterocycles. The van der Waals surface area contributed by atoms with Crippen molar-refractivity contribution in [3.05, 3.63) is 53.3 Å². The first-order valence-electron chi connectivity index (χ1n) is 6.80. The fraction of sp³-hybridized carbons (Fsp3) is 0.188. The van der Waals surface area contributed by atoms with Gasteiger partial charge in [-0.1, -0.05) is 23.7 Å². The molecule has 1 amide bonds. The third-order valence-corrected chi connectivity index (χ3v) is 3.07. The average Bonchev–Trinajstić information content (AvgIpc) is 2.48. The Morgan fingerprint density at radius 3 is 2.73 bits per heavy atom. The summed E-state index contributed by atoms with van der Waals surface area (Å²) in [5, 5.41) is 5.75. The van der Waals surface area contributed by atoms with Gasteiger partial charge in [0.05, 0.1) is 24.5 Å². The topological polar surface area (TPSA) is 50.4 Å². The van der Waals surface area contributed by atoms with Crippen molar-refractivity contribution < 1.29 is 13.9 Å². The lowest BCUT2D eigenvalue weighted by Gasteiger charge is -2.12. The minimum absolute atomic E-state index is 0.0704. The quantitative estimate of drug-likeness (QED) is 0.847. The van der Waals surface area contributed by atoms with Crippen LogP contribution in [0.3, 0.4) is 0 Å². The normalized spacial score (nSPS) is 10.1. The van der Waals surface area contributed by atoms with E-state index in [-0.39, 0.29) is 18.1 Å². The van der Waals surface area contributed by atoms with Crippen molar-refractivity contribution in [1.82, 2.24) is 0 Å². The van der Waals surface area contributed by atoms with E-state index in [9.17, 15) is 9.18 Å². The molecule has 0 saturated carbocycles. The average molecular weight is 323 g/mol. The maximum absolute atomic E-state index is 13.6.